The summed E-state index contributed by atoms with van der Waals surface area (Å²) in [5.41, 5.74) is 9.06. The fourth-order valence-electron chi connectivity index (χ4n) is 1.78. The van der Waals surface area contributed by atoms with Gasteiger partial charge in [0.15, 0.2) is 5.82 Å². The van der Waals surface area contributed by atoms with Crippen LogP contribution in [0.5, 0.6) is 0 Å². The predicted octanol–water partition coefficient (Wildman–Crippen LogP) is 4.51. The van der Waals surface area contributed by atoms with Crippen LogP contribution in [0.4, 0.5) is 5.82 Å². The lowest BCUT2D eigenvalue weighted by Crippen LogP contribution is -2.03. The van der Waals surface area contributed by atoms with Gasteiger partial charge in [-0.3, -0.25) is 0 Å². The Kier molecular flexibility index (Phi) is 4.58. The molecule has 0 amide bonds. The van der Waals surface area contributed by atoms with Crippen molar-refractivity contribution < 1.29 is 0 Å². The van der Waals surface area contributed by atoms with E-state index in [2.05, 4.69) is 48.8 Å². The molecule has 0 spiro atoms. The van der Waals surface area contributed by atoms with Crippen molar-refractivity contribution in [2.45, 2.75) is 26.7 Å². The molecule has 1 aromatic heterocycles. The lowest BCUT2D eigenvalue weighted by molar-refractivity contribution is 0.870. The molecule has 100 valence electrons. The third kappa shape index (κ3) is 3.15. The second kappa shape index (κ2) is 6.01. The van der Waals surface area contributed by atoms with Crippen LogP contribution in [0.3, 0.4) is 0 Å². The van der Waals surface area contributed by atoms with Crippen molar-refractivity contribution in [2.24, 2.45) is 0 Å². The molecule has 2 rings (SSSR count). The fourth-order valence-corrected chi connectivity index (χ4v) is 2.53. The summed E-state index contributed by atoms with van der Waals surface area (Å²) in [6.45, 7) is 4.17. The summed E-state index contributed by atoms with van der Waals surface area (Å²) >= 11 is 6.98. The summed E-state index contributed by atoms with van der Waals surface area (Å²) in [5, 5.41) is 0. The lowest BCUT2D eigenvalue weighted by Gasteiger charge is -2.09. The first kappa shape index (κ1) is 14.5. The summed E-state index contributed by atoms with van der Waals surface area (Å²) in [6.07, 6.45) is 1.90. The maximum atomic E-state index is 5.95. The van der Waals surface area contributed by atoms with Gasteiger partial charge in [0, 0.05) is 10.0 Å². The molecule has 0 bridgehead atoms. The monoisotopic (exact) mass is 383 g/mol. The number of benzene rings is 1. The van der Waals surface area contributed by atoms with Gasteiger partial charge in [0.2, 0.25) is 0 Å². The van der Waals surface area contributed by atoms with Crippen LogP contribution in [0.2, 0.25) is 0 Å². The Balaban J connectivity index is 2.52. The number of rotatable bonds is 3. The Bertz CT molecular complexity index is 612. The first-order valence-electron chi connectivity index (χ1n) is 6.11. The Morgan fingerprint density at radius 1 is 1.21 bits per heavy atom. The minimum atomic E-state index is 0.491. The zero-order valence-corrected chi connectivity index (χ0v) is 14.0. The molecule has 2 aromatic rings. The standard InChI is InChI=1S/C14H15Br2N3/c1-3-4-11-12(16)13(17)19-14(18-11)9-6-5-8(2)10(15)7-9/h5-7H,3-4H2,1-2H3,(H2,17,18,19). The van der Waals surface area contributed by atoms with Crippen LogP contribution in [0.25, 0.3) is 11.4 Å². The van der Waals surface area contributed by atoms with E-state index in [0.717, 1.165) is 33.0 Å². The molecule has 0 atom stereocenters. The van der Waals surface area contributed by atoms with Gasteiger partial charge in [0.25, 0.3) is 0 Å². The van der Waals surface area contributed by atoms with Crippen LogP contribution in [0.15, 0.2) is 27.1 Å². The van der Waals surface area contributed by atoms with Crippen molar-refractivity contribution in [3.8, 4) is 11.4 Å². The number of hydrogen-bond acceptors (Lipinski definition) is 3. The number of nitrogens with two attached hydrogens (primary N) is 1. The zero-order valence-electron chi connectivity index (χ0n) is 10.9. The first-order chi connectivity index (χ1) is 9.02. The van der Waals surface area contributed by atoms with E-state index in [9.17, 15) is 0 Å². The highest BCUT2D eigenvalue weighted by Crippen LogP contribution is 2.28. The molecule has 0 unspecified atom stereocenters. The number of aromatic nitrogens is 2. The maximum absolute atomic E-state index is 5.95. The topological polar surface area (TPSA) is 51.8 Å². The smallest absolute Gasteiger partial charge is 0.161 e. The largest absolute Gasteiger partial charge is 0.383 e. The Hall–Kier alpha value is -0.940. The zero-order chi connectivity index (χ0) is 14.0. The van der Waals surface area contributed by atoms with Crippen molar-refractivity contribution >= 4 is 37.7 Å². The molecule has 0 aliphatic rings. The summed E-state index contributed by atoms with van der Waals surface area (Å²) in [7, 11) is 0. The van der Waals surface area contributed by atoms with Crippen molar-refractivity contribution in [2.75, 3.05) is 5.73 Å². The molecule has 5 heteroatoms. The third-order valence-corrected chi connectivity index (χ3v) is 4.58. The third-order valence-electron chi connectivity index (χ3n) is 2.86. The molecular weight excluding hydrogens is 370 g/mol. The van der Waals surface area contributed by atoms with Gasteiger partial charge in [-0.05, 0) is 40.9 Å². The Labute approximate surface area is 129 Å². The average Bonchev–Trinajstić information content (AvgIpc) is 2.38. The summed E-state index contributed by atoms with van der Waals surface area (Å²) < 4.78 is 1.86. The highest BCUT2D eigenvalue weighted by molar-refractivity contribution is 9.11. The van der Waals surface area contributed by atoms with E-state index in [1.807, 2.05) is 25.1 Å². The van der Waals surface area contributed by atoms with Gasteiger partial charge in [-0.25, -0.2) is 9.97 Å². The van der Waals surface area contributed by atoms with Crippen LogP contribution >= 0.6 is 31.9 Å². The van der Waals surface area contributed by atoms with Crippen molar-refractivity contribution in [3.63, 3.8) is 0 Å². The minimum Gasteiger partial charge on any atom is -0.383 e. The van der Waals surface area contributed by atoms with Crippen LogP contribution in [-0.2, 0) is 6.42 Å². The molecule has 1 aromatic carbocycles. The lowest BCUT2D eigenvalue weighted by atomic mass is 10.1. The van der Waals surface area contributed by atoms with Gasteiger partial charge in [-0.2, -0.15) is 0 Å². The van der Waals surface area contributed by atoms with Gasteiger partial charge >= 0.3 is 0 Å². The molecule has 0 aliphatic carbocycles. The molecule has 0 saturated heterocycles. The van der Waals surface area contributed by atoms with Crippen LogP contribution < -0.4 is 5.73 Å². The quantitative estimate of drug-likeness (QED) is 0.846. The summed E-state index contributed by atoms with van der Waals surface area (Å²) in [6, 6.07) is 6.08. The van der Waals surface area contributed by atoms with Gasteiger partial charge in [-0.15, -0.1) is 0 Å². The van der Waals surface area contributed by atoms with Crippen molar-refractivity contribution in [1.29, 1.82) is 0 Å². The number of nitrogen functional groups attached to an aromatic ring is 1. The Morgan fingerprint density at radius 3 is 2.58 bits per heavy atom. The molecule has 0 aliphatic heterocycles. The van der Waals surface area contributed by atoms with E-state index in [1.54, 1.807) is 0 Å². The van der Waals surface area contributed by atoms with Crippen LogP contribution in [-0.4, -0.2) is 9.97 Å². The number of nitrogens with zero attached hydrogens (tertiary/aromatic N) is 2. The van der Waals surface area contributed by atoms with Gasteiger partial charge < -0.3 is 5.73 Å². The molecule has 0 fully saturated rings. The molecule has 0 radical (unpaired) electrons. The molecule has 0 saturated carbocycles. The first-order valence-corrected chi connectivity index (χ1v) is 7.70. The SMILES string of the molecule is CCCc1nc(-c2ccc(C)c(Br)c2)nc(N)c1Br. The van der Waals surface area contributed by atoms with Crippen molar-refractivity contribution in [3.05, 3.63) is 38.4 Å². The van der Waals surface area contributed by atoms with Gasteiger partial charge in [0.05, 0.1) is 10.2 Å². The highest BCUT2D eigenvalue weighted by atomic mass is 79.9. The van der Waals surface area contributed by atoms with E-state index in [0.29, 0.717) is 11.6 Å². The molecule has 19 heavy (non-hydrogen) atoms. The minimum absolute atomic E-state index is 0.491. The number of aryl methyl sites for hydroxylation is 2. The second-order valence-electron chi connectivity index (χ2n) is 4.41. The molecule has 2 N–H and O–H groups in total. The van der Waals surface area contributed by atoms with E-state index in [-0.39, 0.29) is 0 Å². The summed E-state index contributed by atoms with van der Waals surface area (Å²) in [4.78, 5) is 8.96. The number of halogens is 2. The van der Waals surface area contributed by atoms with E-state index >= 15 is 0 Å². The molecule has 1 heterocycles. The molecule has 3 nitrogen and oxygen atoms in total. The fraction of sp³-hybridized carbons (Fsp3) is 0.286. The van der Waals surface area contributed by atoms with E-state index in [1.165, 1.54) is 5.56 Å². The van der Waals surface area contributed by atoms with Gasteiger partial charge in [0.1, 0.15) is 5.82 Å². The van der Waals surface area contributed by atoms with E-state index < -0.39 is 0 Å². The number of anilines is 1. The summed E-state index contributed by atoms with van der Waals surface area (Å²) in [5.74, 6) is 1.16. The average molecular weight is 385 g/mol. The van der Waals surface area contributed by atoms with Crippen molar-refractivity contribution in [1.82, 2.24) is 9.97 Å². The van der Waals surface area contributed by atoms with Crippen LogP contribution in [0.1, 0.15) is 24.6 Å². The van der Waals surface area contributed by atoms with E-state index in [4.69, 9.17) is 5.73 Å². The maximum Gasteiger partial charge on any atom is 0.161 e. The van der Waals surface area contributed by atoms with Gasteiger partial charge in [-0.1, -0.05) is 41.4 Å². The molecular formula is C14H15Br2N3. The Morgan fingerprint density at radius 2 is 1.95 bits per heavy atom. The normalized spacial score (nSPS) is 10.7. The second-order valence-corrected chi connectivity index (χ2v) is 6.05. The predicted molar refractivity (Wildman–Crippen MR) is 86.0 cm³/mol. The highest BCUT2D eigenvalue weighted by Gasteiger charge is 2.11. The number of hydrogen-bond donors (Lipinski definition) is 1. The van der Waals surface area contributed by atoms with Crippen LogP contribution in [0, 0.1) is 6.92 Å².